The third-order valence-electron chi connectivity index (χ3n) is 2.31. The van der Waals surface area contributed by atoms with Gasteiger partial charge in [0.05, 0.1) is 5.56 Å². The van der Waals surface area contributed by atoms with Crippen molar-refractivity contribution in [3.63, 3.8) is 0 Å². The van der Waals surface area contributed by atoms with E-state index in [-0.39, 0.29) is 5.41 Å². The topological polar surface area (TPSA) is 53.0 Å². The summed E-state index contributed by atoms with van der Waals surface area (Å²) in [7, 11) is 2.03. The van der Waals surface area contributed by atoms with Gasteiger partial charge in [-0.05, 0) is 23.6 Å². The molecule has 0 radical (unpaired) electrons. The highest BCUT2D eigenvalue weighted by atomic mass is 15.1. The van der Waals surface area contributed by atoms with Gasteiger partial charge in [-0.1, -0.05) is 20.8 Å². The minimum atomic E-state index is 0.225. The maximum absolute atomic E-state index is 8.91. The van der Waals surface area contributed by atoms with Gasteiger partial charge < -0.3 is 10.6 Å². The van der Waals surface area contributed by atoms with Gasteiger partial charge in [-0.2, -0.15) is 5.26 Å². The average Bonchev–Trinajstić information content (AvgIpc) is 2.15. The lowest BCUT2D eigenvalue weighted by atomic mass is 9.96. The van der Waals surface area contributed by atoms with Crippen LogP contribution in [0.1, 0.15) is 26.3 Å². The Balaban J connectivity index is 2.93. The first kappa shape index (κ1) is 12.4. The van der Waals surface area contributed by atoms with E-state index in [0.29, 0.717) is 11.3 Å². The molecule has 0 spiro atoms. The number of nitrogens with two attached hydrogens (primary N) is 1. The van der Waals surface area contributed by atoms with Gasteiger partial charge >= 0.3 is 0 Å². The van der Waals surface area contributed by atoms with Crippen molar-refractivity contribution in [1.29, 1.82) is 5.26 Å². The van der Waals surface area contributed by atoms with E-state index in [1.54, 1.807) is 6.07 Å². The van der Waals surface area contributed by atoms with E-state index in [2.05, 4.69) is 31.7 Å². The molecular weight excluding hydrogens is 198 g/mol. The minimum Gasteiger partial charge on any atom is -0.398 e. The molecule has 0 amide bonds. The van der Waals surface area contributed by atoms with Crippen LogP contribution >= 0.6 is 0 Å². The lowest BCUT2D eigenvalue weighted by Crippen LogP contribution is -2.29. The smallest absolute Gasteiger partial charge is 0.101 e. The standard InChI is InChI=1S/C13H19N3/c1-13(2,3)9-16(4)11-5-6-12(15)10(7-11)8-14/h5-7H,9,15H2,1-4H3. The molecule has 0 atom stereocenters. The Morgan fingerprint density at radius 2 is 2.00 bits per heavy atom. The van der Waals surface area contributed by atoms with Crippen LogP contribution in [0, 0.1) is 16.7 Å². The third kappa shape index (κ3) is 3.16. The largest absolute Gasteiger partial charge is 0.398 e. The molecule has 0 bridgehead atoms. The predicted molar refractivity (Wildman–Crippen MR) is 68.3 cm³/mol. The highest BCUT2D eigenvalue weighted by molar-refractivity contribution is 5.62. The number of nitrogen functional groups attached to an aromatic ring is 1. The summed E-state index contributed by atoms with van der Waals surface area (Å²) in [6.07, 6.45) is 0. The summed E-state index contributed by atoms with van der Waals surface area (Å²) in [4.78, 5) is 2.14. The molecule has 0 aliphatic carbocycles. The van der Waals surface area contributed by atoms with Crippen LogP contribution in [-0.4, -0.2) is 13.6 Å². The van der Waals surface area contributed by atoms with Crippen LogP contribution in [-0.2, 0) is 0 Å². The van der Waals surface area contributed by atoms with E-state index in [1.165, 1.54) is 0 Å². The van der Waals surface area contributed by atoms with Crippen LogP contribution in [0.3, 0.4) is 0 Å². The summed E-state index contributed by atoms with van der Waals surface area (Å²) < 4.78 is 0. The zero-order valence-corrected chi connectivity index (χ0v) is 10.4. The number of benzene rings is 1. The van der Waals surface area contributed by atoms with Crippen molar-refractivity contribution < 1.29 is 0 Å². The molecule has 0 heterocycles. The molecule has 1 aromatic rings. The van der Waals surface area contributed by atoms with Crippen molar-refractivity contribution in [2.24, 2.45) is 5.41 Å². The van der Waals surface area contributed by atoms with Crippen molar-refractivity contribution in [2.75, 3.05) is 24.2 Å². The van der Waals surface area contributed by atoms with E-state index in [1.807, 2.05) is 19.2 Å². The Labute approximate surface area is 97.5 Å². The van der Waals surface area contributed by atoms with Gasteiger partial charge in [0.2, 0.25) is 0 Å². The Morgan fingerprint density at radius 1 is 1.38 bits per heavy atom. The fraction of sp³-hybridized carbons (Fsp3) is 0.462. The second-order valence-electron chi connectivity index (χ2n) is 5.30. The lowest BCUT2D eigenvalue weighted by molar-refractivity contribution is 0.419. The summed E-state index contributed by atoms with van der Waals surface area (Å²) >= 11 is 0. The van der Waals surface area contributed by atoms with E-state index in [0.717, 1.165) is 12.2 Å². The molecule has 0 fully saturated rings. The molecular formula is C13H19N3. The van der Waals surface area contributed by atoms with Crippen LogP contribution in [0.4, 0.5) is 11.4 Å². The Bertz CT molecular complexity index is 410. The highest BCUT2D eigenvalue weighted by Gasteiger charge is 2.14. The van der Waals surface area contributed by atoms with Gasteiger partial charge in [0.25, 0.3) is 0 Å². The molecule has 0 unspecified atom stereocenters. The number of rotatable bonds is 2. The van der Waals surface area contributed by atoms with E-state index in [9.17, 15) is 0 Å². The lowest BCUT2D eigenvalue weighted by Gasteiger charge is -2.28. The van der Waals surface area contributed by atoms with Crippen LogP contribution < -0.4 is 10.6 Å². The molecule has 0 saturated heterocycles. The van der Waals surface area contributed by atoms with Crippen molar-refractivity contribution in [2.45, 2.75) is 20.8 Å². The summed E-state index contributed by atoms with van der Waals surface area (Å²) in [5.41, 5.74) is 8.02. The number of hydrogen-bond donors (Lipinski definition) is 1. The summed E-state index contributed by atoms with van der Waals surface area (Å²) in [6.45, 7) is 7.49. The molecule has 2 N–H and O–H groups in total. The van der Waals surface area contributed by atoms with E-state index >= 15 is 0 Å². The fourth-order valence-corrected chi connectivity index (χ4v) is 1.68. The number of anilines is 2. The number of hydrogen-bond acceptors (Lipinski definition) is 3. The SMILES string of the molecule is CN(CC(C)(C)C)c1ccc(N)c(C#N)c1. The normalized spacial score (nSPS) is 10.9. The Morgan fingerprint density at radius 3 is 2.50 bits per heavy atom. The zero-order valence-electron chi connectivity index (χ0n) is 10.4. The van der Waals surface area contributed by atoms with Crippen molar-refractivity contribution in [3.05, 3.63) is 23.8 Å². The monoisotopic (exact) mass is 217 g/mol. The zero-order chi connectivity index (χ0) is 12.3. The maximum Gasteiger partial charge on any atom is 0.101 e. The molecule has 1 rings (SSSR count). The van der Waals surface area contributed by atoms with Gasteiger partial charge in [0.15, 0.2) is 0 Å². The second kappa shape index (κ2) is 4.44. The first-order valence-electron chi connectivity index (χ1n) is 5.34. The van der Waals surface area contributed by atoms with Gasteiger partial charge in [-0.3, -0.25) is 0 Å². The van der Waals surface area contributed by atoms with Crippen molar-refractivity contribution in [3.8, 4) is 6.07 Å². The van der Waals surface area contributed by atoms with E-state index < -0.39 is 0 Å². The Kier molecular flexibility index (Phi) is 3.44. The minimum absolute atomic E-state index is 0.225. The second-order valence-corrected chi connectivity index (χ2v) is 5.30. The molecule has 86 valence electrons. The maximum atomic E-state index is 8.91. The van der Waals surface area contributed by atoms with Crippen LogP contribution in [0.15, 0.2) is 18.2 Å². The van der Waals surface area contributed by atoms with Gasteiger partial charge in [0, 0.05) is 25.0 Å². The highest BCUT2D eigenvalue weighted by Crippen LogP contribution is 2.23. The first-order chi connectivity index (χ1) is 7.33. The average molecular weight is 217 g/mol. The first-order valence-corrected chi connectivity index (χ1v) is 5.34. The van der Waals surface area contributed by atoms with Gasteiger partial charge in [-0.25, -0.2) is 0 Å². The summed E-state index contributed by atoms with van der Waals surface area (Å²) in [6, 6.07) is 7.67. The van der Waals surface area contributed by atoms with Gasteiger partial charge in [0.1, 0.15) is 6.07 Å². The molecule has 0 aliphatic heterocycles. The molecule has 0 aliphatic rings. The molecule has 3 heteroatoms. The molecule has 1 aromatic carbocycles. The quantitative estimate of drug-likeness (QED) is 0.775. The van der Waals surface area contributed by atoms with Crippen molar-refractivity contribution >= 4 is 11.4 Å². The Hall–Kier alpha value is -1.69. The summed E-state index contributed by atoms with van der Waals surface area (Å²) in [5, 5.41) is 8.91. The predicted octanol–water partition coefficient (Wildman–Crippen LogP) is 2.62. The van der Waals surface area contributed by atoms with E-state index in [4.69, 9.17) is 11.0 Å². The molecule has 0 saturated carbocycles. The molecule has 0 aromatic heterocycles. The third-order valence-corrected chi connectivity index (χ3v) is 2.31. The molecule has 16 heavy (non-hydrogen) atoms. The summed E-state index contributed by atoms with van der Waals surface area (Å²) in [5.74, 6) is 0. The molecule has 3 nitrogen and oxygen atoms in total. The van der Waals surface area contributed by atoms with Gasteiger partial charge in [-0.15, -0.1) is 0 Å². The van der Waals surface area contributed by atoms with Crippen molar-refractivity contribution in [1.82, 2.24) is 0 Å². The fourth-order valence-electron chi connectivity index (χ4n) is 1.68. The van der Waals surface area contributed by atoms with Crippen LogP contribution in [0.5, 0.6) is 0 Å². The number of nitriles is 1. The van der Waals surface area contributed by atoms with Crippen LogP contribution in [0.25, 0.3) is 0 Å². The van der Waals surface area contributed by atoms with Crippen LogP contribution in [0.2, 0.25) is 0 Å². The number of nitrogens with zero attached hydrogens (tertiary/aromatic N) is 2.